The third-order valence-electron chi connectivity index (χ3n) is 0.519. The molecule has 0 saturated heterocycles. The van der Waals surface area contributed by atoms with Crippen molar-refractivity contribution in [1.82, 2.24) is 5.32 Å². The largest absolute Gasteiger partial charge is 0.530 e. The average molecular weight is 102 g/mol. The smallest absolute Gasteiger partial charge is 0.134 e. The van der Waals surface area contributed by atoms with Gasteiger partial charge in [0.2, 0.25) is 0 Å². The number of carbonyl (C=O) groups excluding carboxylic acids is 1. The summed E-state index contributed by atoms with van der Waals surface area (Å²) >= 11 is 0. The molecule has 0 radical (unpaired) electrons. The fraction of sp³-hybridized carbons (Fsp3) is 0.750. The molecular weight excluding hydrogens is 94.0 g/mol. The molecule has 0 unspecified atom stereocenters. The van der Waals surface area contributed by atoms with Gasteiger partial charge >= 0.3 is 0 Å². The average Bonchev–Trinajstić information content (AvgIpc) is 1.61. The van der Waals surface area contributed by atoms with Gasteiger partial charge in [0.1, 0.15) is 6.09 Å². The molecule has 0 bridgehead atoms. The maximum absolute atomic E-state index is 9.54. The number of carboxylic acid groups (broad SMARTS) is 1. The first-order valence-corrected chi connectivity index (χ1v) is 2.22. The Labute approximate surface area is 42.3 Å². The molecule has 0 aromatic carbocycles. The van der Waals surface area contributed by atoms with E-state index in [1.165, 1.54) is 0 Å². The van der Waals surface area contributed by atoms with Gasteiger partial charge < -0.3 is 15.2 Å². The standard InChI is InChI=1S/C4H9NO2/c1-2-3-5-4(6)7/h5H,2-3H2,1H3,(H,6,7)/p-1. The van der Waals surface area contributed by atoms with Gasteiger partial charge in [-0.2, -0.15) is 0 Å². The SMILES string of the molecule is CCCNC(=O)[O-]. The van der Waals surface area contributed by atoms with Crippen molar-refractivity contribution in [2.45, 2.75) is 13.3 Å². The lowest BCUT2D eigenvalue weighted by Crippen LogP contribution is -2.36. The summed E-state index contributed by atoms with van der Waals surface area (Å²) in [6, 6.07) is 0. The minimum Gasteiger partial charge on any atom is -0.530 e. The van der Waals surface area contributed by atoms with E-state index in [2.05, 4.69) is 5.32 Å². The Morgan fingerprint density at radius 3 is 2.57 bits per heavy atom. The van der Waals surface area contributed by atoms with Crippen LogP contribution in [-0.2, 0) is 0 Å². The zero-order valence-corrected chi connectivity index (χ0v) is 4.23. The first-order valence-electron chi connectivity index (χ1n) is 2.22. The molecule has 0 rings (SSSR count). The highest BCUT2D eigenvalue weighted by Gasteiger charge is 1.75. The summed E-state index contributed by atoms with van der Waals surface area (Å²) in [6.45, 7) is 2.37. The highest BCUT2D eigenvalue weighted by atomic mass is 16.4. The van der Waals surface area contributed by atoms with Gasteiger partial charge in [0, 0.05) is 6.54 Å². The Kier molecular flexibility index (Phi) is 3.10. The summed E-state index contributed by atoms with van der Waals surface area (Å²) in [5.41, 5.74) is 0. The van der Waals surface area contributed by atoms with E-state index in [-0.39, 0.29) is 0 Å². The molecule has 3 nitrogen and oxygen atoms in total. The highest BCUT2D eigenvalue weighted by molar-refractivity contribution is 5.61. The lowest BCUT2D eigenvalue weighted by Gasteiger charge is -2.01. The summed E-state index contributed by atoms with van der Waals surface area (Å²) in [4.78, 5) is 9.54. The summed E-state index contributed by atoms with van der Waals surface area (Å²) in [6.07, 6.45) is -0.379. The lowest BCUT2D eigenvalue weighted by atomic mass is 10.5. The van der Waals surface area contributed by atoms with E-state index in [9.17, 15) is 9.90 Å². The van der Waals surface area contributed by atoms with Crippen LogP contribution in [0.3, 0.4) is 0 Å². The highest BCUT2D eigenvalue weighted by Crippen LogP contribution is 1.65. The second-order valence-electron chi connectivity index (χ2n) is 1.21. The molecular formula is C4H8NO2-. The summed E-state index contributed by atoms with van der Waals surface area (Å²) in [5, 5.41) is 11.6. The number of carbonyl (C=O) groups is 1. The molecule has 42 valence electrons. The van der Waals surface area contributed by atoms with Crippen LogP contribution < -0.4 is 10.4 Å². The van der Waals surface area contributed by atoms with E-state index >= 15 is 0 Å². The van der Waals surface area contributed by atoms with Gasteiger partial charge in [0.15, 0.2) is 0 Å². The van der Waals surface area contributed by atoms with Gasteiger partial charge in [-0.3, -0.25) is 0 Å². The van der Waals surface area contributed by atoms with Crippen LogP contribution in [0.4, 0.5) is 4.79 Å². The second kappa shape index (κ2) is 3.46. The van der Waals surface area contributed by atoms with Gasteiger partial charge in [-0.25, -0.2) is 0 Å². The maximum atomic E-state index is 9.54. The Hall–Kier alpha value is -0.730. The fourth-order valence-electron chi connectivity index (χ4n) is 0.227. The minimum atomic E-state index is -1.19. The van der Waals surface area contributed by atoms with Gasteiger partial charge in [0.25, 0.3) is 0 Å². The van der Waals surface area contributed by atoms with Crippen molar-refractivity contribution < 1.29 is 9.90 Å². The number of hydrogen-bond donors (Lipinski definition) is 1. The Morgan fingerprint density at radius 1 is 1.86 bits per heavy atom. The van der Waals surface area contributed by atoms with Crippen LogP contribution in [0.1, 0.15) is 13.3 Å². The van der Waals surface area contributed by atoms with Crippen molar-refractivity contribution in [3.63, 3.8) is 0 Å². The first-order chi connectivity index (χ1) is 3.27. The third-order valence-corrected chi connectivity index (χ3v) is 0.519. The second-order valence-corrected chi connectivity index (χ2v) is 1.21. The van der Waals surface area contributed by atoms with Crippen LogP contribution in [0.5, 0.6) is 0 Å². The fourth-order valence-corrected chi connectivity index (χ4v) is 0.227. The predicted molar refractivity (Wildman–Crippen MR) is 23.7 cm³/mol. The Balaban J connectivity index is 2.82. The molecule has 7 heavy (non-hydrogen) atoms. The molecule has 0 aromatic heterocycles. The van der Waals surface area contributed by atoms with Crippen LogP contribution >= 0.6 is 0 Å². The molecule has 0 aliphatic heterocycles. The minimum absolute atomic E-state index is 0.488. The van der Waals surface area contributed by atoms with Crippen LogP contribution in [0, 0.1) is 0 Å². The summed E-state index contributed by atoms with van der Waals surface area (Å²) < 4.78 is 0. The van der Waals surface area contributed by atoms with E-state index in [1.807, 2.05) is 6.92 Å². The summed E-state index contributed by atoms with van der Waals surface area (Å²) in [5.74, 6) is 0. The van der Waals surface area contributed by atoms with E-state index < -0.39 is 6.09 Å². The summed E-state index contributed by atoms with van der Waals surface area (Å²) in [7, 11) is 0. The van der Waals surface area contributed by atoms with Crippen molar-refractivity contribution in [3.05, 3.63) is 0 Å². The zero-order chi connectivity index (χ0) is 5.70. The van der Waals surface area contributed by atoms with E-state index in [0.29, 0.717) is 6.54 Å². The van der Waals surface area contributed by atoms with Gasteiger partial charge in [-0.15, -0.1) is 0 Å². The van der Waals surface area contributed by atoms with Crippen molar-refractivity contribution in [2.75, 3.05) is 6.54 Å². The number of amides is 1. The van der Waals surface area contributed by atoms with E-state index in [0.717, 1.165) is 6.42 Å². The molecule has 0 heterocycles. The monoisotopic (exact) mass is 102 g/mol. The van der Waals surface area contributed by atoms with E-state index in [1.54, 1.807) is 0 Å². The van der Waals surface area contributed by atoms with Crippen molar-refractivity contribution in [1.29, 1.82) is 0 Å². The number of nitrogens with one attached hydrogen (secondary N) is 1. The van der Waals surface area contributed by atoms with Crippen LogP contribution in [-0.4, -0.2) is 12.6 Å². The van der Waals surface area contributed by atoms with Gasteiger partial charge in [-0.1, -0.05) is 6.92 Å². The maximum Gasteiger partial charge on any atom is 0.134 e. The molecule has 0 saturated carbocycles. The topological polar surface area (TPSA) is 52.2 Å². The van der Waals surface area contributed by atoms with Crippen LogP contribution in [0.25, 0.3) is 0 Å². The first kappa shape index (κ1) is 6.27. The molecule has 0 aromatic rings. The zero-order valence-electron chi connectivity index (χ0n) is 4.23. The molecule has 0 atom stereocenters. The van der Waals surface area contributed by atoms with Crippen LogP contribution in [0.2, 0.25) is 0 Å². The molecule has 1 amide bonds. The quantitative estimate of drug-likeness (QED) is 0.502. The lowest BCUT2D eigenvalue weighted by molar-refractivity contribution is -0.250. The van der Waals surface area contributed by atoms with Crippen molar-refractivity contribution in [2.24, 2.45) is 0 Å². The van der Waals surface area contributed by atoms with Crippen molar-refractivity contribution in [3.8, 4) is 0 Å². The Morgan fingerprint density at radius 2 is 2.43 bits per heavy atom. The van der Waals surface area contributed by atoms with Gasteiger partial charge in [-0.05, 0) is 6.42 Å². The molecule has 0 spiro atoms. The third kappa shape index (κ3) is 5.27. The van der Waals surface area contributed by atoms with E-state index in [4.69, 9.17) is 0 Å². The van der Waals surface area contributed by atoms with Crippen LogP contribution in [0.15, 0.2) is 0 Å². The normalized spacial score (nSPS) is 8.14. The molecule has 0 aliphatic rings. The van der Waals surface area contributed by atoms with Crippen molar-refractivity contribution >= 4 is 6.09 Å². The number of rotatable bonds is 2. The molecule has 3 heteroatoms. The predicted octanol–water partition coefficient (Wildman–Crippen LogP) is -0.671. The molecule has 0 aliphatic carbocycles. The molecule has 0 fully saturated rings. The number of hydrogen-bond acceptors (Lipinski definition) is 2. The van der Waals surface area contributed by atoms with Gasteiger partial charge in [0.05, 0.1) is 0 Å². The molecule has 1 N–H and O–H groups in total. The Bertz CT molecular complexity index is 62.7.